The molecule has 0 saturated heterocycles. The van der Waals surface area contributed by atoms with Crippen LogP contribution in [0.15, 0.2) is 58.8 Å². The van der Waals surface area contributed by atoms with E-state index in [1.54, 1.807) is 35.6 Å². The minimum absolute atomic E-state index is 0.134. The van der Waals surface area contributed by atoms with Crippen LogP contribution in [0.2, 0.25) is 0 Å². The molecule has 0 atom stereocenters. The number of aromatic hydroxyl groups is 1. The summed E-state index contributed by atoms with van der Waals surface area (Å²) in [4.78, 5) is -0.134. The number of anilines is 1. The highest BCUT2D eigenvalue weighted by molar-refractivity contribution is 7.92. The fourth-order valence-corrected chi connectivity index (χ4v) is 3.84. The topological polar surface area (TPSA) is 66.4 Å². The number of para-hydroxylation sites is 1. The third-order valence-corrected chi connectivity index (χ3v) is 5.19. The smallest absolute Gasteiger partial charge is 0.265 e. The number of thiophene rings is 1. The van der Waals surface area contributed by atoms with E-state index in [0.717, 1.165) is 10.1 Å². The number of hydrogen-bond acceptors (Lipinski definition) is 4. The van der Waals surface area contributed by atoms with E-state index >= 15 is 0 Å². The molecule has 102 valence electrons. The van der Waals surface area contributed by atoms with Crippen molar-refractivity contribution in [3.05, 3.63) is 53.9 Å². The Morgan fingerprint density at radius 3 is 2.65 bits per heavy atom. The Morgan fingerprint density at radius 2 is 1.85 bits per heavy atom. The largest absolute Gasteiger partial charge is 0.507 e. The molecule has 0 unspecified atom stereocenters. The normalized spacial score (nSPS) is 11.6. The highest BCUT2D eigenvalue weighted by Gasteiger charge is 2.18. The number of sulfonamides is 1. The van der Waals surface area contributed by atoms with Crippen LogP contribution < -0.4 is 4.72 Å². The molecule has 6 heteroatoms. The first kappa shape index (κ1) is 13.0. The van der Waals surface area contributed by atoms with Crippen LogP contribution in [0.4, 0.5) is 5.69 Å². The van der Waals surface area contributed by atoms with E-state index in [1.165, 1.54) is 12.1 Å². The van der Waals surface area contributed by atoms with Crippen molar-refractivity contribution in [3.8, 4) is 5.75 Å². The molecular formula is C14H11NO3S2. The summed E-state index contributed by atoms with van der Waals surface area (Å²) in [7, 11) is -3.79. The first-order valence-corrected chi connectivity index (χ1v) is 8.21. The van der Waals surface area contributed by atoms with Gasteiger partial charge in [0.15, 0.2) is 0 Å². The van der Waals surface area contributed by atoms with Crippen LogP contribution in [-0.2, 0) is 10.0 Å². The Hall–Kier alpha value is -2.05. The van der Waals surface area contributed by atoms with Crippen molar-refractivity contribution in [2.45, 2.75) is 4.90 Å². The van der Waals surface area contributed by atoms with Crippen LogP contribution in [0.5, 0.6) is 5.75 Å². The molecular weight excluding hydrogens is 294 g/mol. The third-order valence-electron chi connectivity index (χ3n) is 2.86. The Morgan fingerprint density at radius 1 is 1.05 bits per heavy atom. The minimum Gasteiger partial charge on any atom is -0.507 e. The van der Waals surface area contributed by atoms with E-state index in [0.29, 0.717) is 5.69 Å². The number of nitrogens with one attached hydrogen (secondary N) is 1. The first-order chi connectivity index (χ1) is 9.56. The van der Waals surface area contributed by atoms with Gasteiger partial charge in [-0.25, -0.2) is 8.42 Å². The van der Waals surface area contributed by atoms with Crippen molar-refractivity contribution in [1.82, 2.24) is 0 Å². The molecule has 4 nitrogen and oxygen atoms in total. The molecule has 2 N–H and O–H groups in total. The number of phenols is 1. The van der Waals surface area contributed by atoms with Crippen LogP contribution >= 0.6 is 11.3 Å². The van der Waals surface area contributed by atoms with Gasteiger partial charge in [-0.3, -0.25) is 4.72 Å². The molecule has 0 aliphatic carbocycles. The molecule has 1 heterocycles. The molecule has 1 aromatic heterocycles. The van der Waals surface area contributed by atoms with Gasteiger partial charge in [0.25, 0.3) is 10.0 Å². The number of hydrogen-bond donors (Lipinski definition) is 2. The molecule has 0 amide bonds. The standard InChI is InChI=1S/C14H11NO3S2/c16-12-3-1-2-4-14(12)20(17,18)15-11-5-6-13-10(9-11)7-8-19-13/h1-9,15-16H. The highest BCUT2D eigenvalue weighted by atomic mass is 32.2. The lowest BCUT2D eigenvalue weighted by atomic mass is 10.2. The van der Waals surface area contributed by atoms with Crippen molar-refractivity contribution < 1.29 is 13.5 Å². The van der Waals surface area contributed by atoms with Gasteiger partial charge in [-0.05, 0) is 47.2 Å². The van der Waals surface area contributed by atoms with E-state index in [4.69, 9.17) is 0 Å². The van der Waals surface area contributed by atoms with Crippen LogP contribution in [0.25, 0.3) is 10.1 Å². The SMILES string of the molecule is O=S(=O)(Nc1ccc2sccc2c1)c1ccccc1O. The van der Waals surface area contributed by atoms with Crippen molar-refractivity contribution in [3.63, 3.8) is 0 Å². The van der Waals surface area contributed by atoms with Crippen LogP contribution in [-0.4, -0.2) is 13.5 Å². The summed E-state index contributed by atoms with van der Waals surface area (Å²) >= 11 is 1.60. The van der Waals surface area contributed by atoms with Crippen molar-refractivity contribution in [1.29, 1.82) is 0 Å². The van der Waals surface area contributed by atoms with Gasteiger partial charge in [-0.15, -0.1) is 11.3 Å². The molecule has 0 fully saturated rings. The Labute approximate surface area is 120 Å². The number of benzene rings is 2. The van der Waals surface area contributed by atoms with Gasteiger partial charge in [0.1, 0.15) is 10.6 Å². The molecule has 0 radical (unpaired) electrons. The summed E-state index contributed by atoms with van der Waals surface area (Å²) in [6.45, 7) is 0. The second kappa shape index (κ2) is 4.81. The fraction of sp³-hybridized carbons (Fsp3) is 0. The average molecular weight is 305 g/mol. The first-order valence-electron chi connectivity index (χ1n) is 5.84. The van der Waals surface area contributed by atoms with E-state index < -0.39 is 10.0 Å². The quantitative estimate of drug-likeness (QED) is 0.779. The van der Waals surface area contributed by atoms with E-state index in [9.17, 15) is 13.5 Å². The van der Waals surface area contributed by atoms with Crippen LogP contribution in [0.3, 0.4) is 0 Å². The summed E-state index contributed by atoms with van der Waals surface area (Å²) in [5.41, 5.74) is 0.471. The Balaban J connectivity index is 1.99. The predicted molar refractivity (Wildman–Crippen MR) is 80.7 cm³/mol. The van der Waals surface area contributed by atoms with Gasteiger partial charge in [0, 0.05) is 10.4 Å². The van der Waals surface area contributed by atoms with Gasteiger partial charge in [0.2, 0.25) is 0 Å². The second-order valence-corrected chi connectivity index (χ2v) is 6.84. The Kier molecular flexibility index (Phi) is 3.11. The molecule has 0 aliphatic heterocycles. The van der Waals surface area contributed by atoms with Crippen LogP contribution in [0.1, 0.15) is 0 Å². The van der Waals surface area contributed by atoms with Crippen LogP contribution in [0, 0.1) is 0 Å². The summed E-state index contributed by atoms with van der Waals surface area (Å²) in [5, 5.41) is 12.6. The number of phenolic OH excluding ortho intramolecular Hbond substituents is 1. The minimum atomic E-state index is -3.79. The summed E-state index contributed by atoms with van der Waals surface area (Å²) < 4.78 is 28.0. The van der Waals surface area contributed by atoms with E-state index in [2.05, 4.69) is 4.72 Å². The lowest BCUT2D eigenvalue weighted by Crippen LogP contribution is -2.12. The summed E-state index contributed by atoms with van der Waals surface area (Å²) in [5.74, 6) is -0.267. The van der Waals surface area contributed by atoms with Gasteiger partial charge in [-0.1, -0.05) is 12.1 Å². The predicted octanol–water partition coefficient (Wildman–Crippen LogP) is 3.41. The maximum Gasteiger partial charge on any atom is 0.265 e. The van der Waals surface area contributed by atoms with Crippen molar-refractivity contribution in [2.24, 2.45) is 0 Å². The molecule has 3 rings (SSSR count). The number of rotatable bonds is 3. The van der Waals surface area contributed by atoms with Crippen molar-refractivity contribution in [2.75, 3.05) is 4.72 Å². The van der Waals surface area contributed by atoms with E-state index in [-0.39, 0.29) is 10.6 Å². The molecule has 0 bridgehead atoms. The fourth-order valence-electron chi connectivity index (χ4n) is 1.92. The summed E-state index contributed by atoms with van der Waals surface area (Å²) in [6, 6.07) is 13.1. The van der Waals surface area contributed by atoms with Gasteiger partial charge in [0.05, 0.1) is 0 Å². The average Bonchev–Trinajstić information content (AvgIpc) is 2.86. The van der Waals surface area contributed by atoms with Gasteiger partial charge in [-0.2, -0.15) is 0 Å². The monoisotopic (exact) mass is 305 g/mol. The molecule has 0 aliphatic rings. The zero-order chi connectivity index (χ0) is 14.2. The number of fused-ring (bicyclic) bond motifs is 1. The maximum atomic E-state index is 12.2. The lowest BCUT2D eigenvalue weighted by molar-refractivity contribution is 0.459. The molecule has 3 aromatic rings. The van der Waals surface area contributed by atoms with Gasteiger partial charge >= 0.3 is 0 Å². The lowest BCUT2D eigenvalue weighted by Gasteiger charge is -2.09. The highest BCUT2D eigenvalue weighted by Crippen LogP contribution is 2.27. The zero-order valence-electron chi connectivity index (χ0n) is 10.3. The Bertz CT molecular complexity index is 869. The molecule has 0 spiro atoms. The maximum absolute atomic E-state index is 12.2. The van der Waals surface area contributed by atoms with Gasteiger partial charge < -0.3 is 5.11 Å². The van der Waals surface area contributed by atoms with E-state index in [1.807, 2.05) is 17.5 Å². The zero-order valence-corrected chi connectivity index (χ0v) is 11.9. The second-order valence-electron chi connectivity index (χ2n) is 4.25. The third kappa shape index (κ3) is 2.35. The molecule has 20 heavy (non-hydrogen) atoms. The molecule has 2 aromatic carbocycles. The molecule has 0 saturated carbocycles. The van der Waals surface area contributed by atoms with Crippen molar-refractivity contribution >= 4 is 37.1 Å². The summed E-state index contributed by atoms with van der Waals surface area (Å²) in [6.07, 6.45) is 0.